The average molecular weight is 455 g/mol. The molecule has 0 bridgehead atoms. The number of ether oxygens (including phenoxy) is 1. The lowest BCUT2D eigenvalue weighted by Gasteiger charge is -2.12. The van der Waals surface area contributed by atoms with Crippen molar-refractivity contribution in [3.8, 4) is 5.75 Å². The van der Waals surface area contributed by atoms with E-state index in [1.165, 1.54) is 4.90 Å². The number of carbonyl (C=O) groups is 2. The van der Waals surface area contributed by atoms with Crippen LogP contribution in [0.4, 0.5) is 4.79 Å². The molecule has 0 aromatic heterocycles. The van der Waals surface area contributed by atoms with E-state index in [0.717, 1.165) is 17.3 Å². The second kappa shape index (κ2) is 9.05. The molecule has 4 nitrogen and oxygen atoms in total. The first-order valence-electron chi connectivity index (χ1n) is 8.11. The van der Waals surface area contributed by atoms with Gasteiger partial charge in [0, 0.05) is 5.02 Å². The Morgan fingerprint density at radius 1 is 1.07 bits per heavy atom. The molecule has 0 N–H and O–H groups in total. The van der Waals surface area contributed by atoms with Gasteiger partial charge >= 0.3 is 0 Å². The summed E-state index contributed by atoms with van der Waals surface area (Å²) in [5, 5.41) is 0.864. The van der Waals surface area contributed by atoms with Crippen molar-refractivity contribution in [1.82, 2.24) is 4.90 Å². The van der Waals surface area contributed by atoms with Crippen molar-refractivity contribution in [3.05, 3.63) is 80.2 Å². The van der Waals surface area contributed by atoms with Crippen LogP contribution < -0.4 is 4.74 Å². The fourth-order valence-corrected chi connectivity index (χ4v) is 4.08. The van der Waals surface area contributed by atoms with Crippen molar-refractivity contribution in [1.29, 1.82) is 0 Å². The molecule has 0 radical (unpaired) electrons. The number of benzene rings is 2. The van der Waals surface area contributed by atoms with Crippen molar-refractivity contribution in [2.75, 3.05) is 6.61 Å². The summed E-state index contributed by atoms with van der Waals surface area (Å²) in [6, 6.07) is 10.2. The molecule has 28 heavy (non-hydrogen) atoms. The number of nitrogens with zero attached hydrogens (tertiary/aromatic N) is 1. The van der Waals surface area contributed by atoms with Crippen molar-refractivity contribution >= 4 is 63.8 Å². The number of imide groups is 1. The van der Waals surface area contributed by atoms with Crippen molar-refractivity contribution in [2.24, 2.45) is 0 Å². The Morgan fingerprint density at radius 3 is 2.32 bits per heavy atom. The van der Waals surface area contributed by atoms with Gasteiger partial charge in [0.25, 0.3) is 11.1 Å². The van der Waals surface area contributed by atoms with E-state index in [0.29, 0.717) is 31.3 Å². The maximum atomic E-state index is 12.7. The maximum Gasteiger partial charge on any atom is 0.293 e. The van der Waals surface area contributed by atoms with Gasteiger partial charge in [0.2, 0.25) is 0 Å². The zero-order chi connectivity index (χ0) is 20.3. The van der Waals surface area contributed by atoms with E-state index in [-0.39, 0.29) is 24.3 Å². The Kier molecular flexibility index (Phi) is 6.73. The molecule has 0 spiro atoms. The molecule has 1 fully saturated rings. The Bertz CT molecular complexity index is 950. The molecule has 1 aliphatic heterocycles. The number of rotatable bonds is 6. The summed E-state index contributed by atoms with van der Waals surface area (Å²) in [6.45, 7) is 4.02. The predicted octanol–water partition coefficient (Wildman–Crippen LogP) is 6.45. The second-order valence-corrected chi connectivity index (χ2v) is 8.05. The van der Waals surface area contributed by atoms with Crippen molar-refractivity contribution in [3.63, 3.8) is 0 Å². The molecule has 1 aliphatic rings. The summed E-state index contributed by atoms with van der Waals surface area (Å²) in [6.07, 6.45) is 3.17. The molecule has 0 aliphatic carbocycles. The highest BCUT2D eigenvalue weighted by atomic mass is 35.5. The number of hydrogen-bond acceptors (Lipinski definition) is 4. The van der Waals surface area contributed by atoms with E-state index in [2.05, 4.69) is 6.58 Å². The third-order valence-corrected chi connectivity index (χ3v) is 5.51. The van der Waals surface area contributed by atoms with Crippen LogP contribution in [-0.2, 0) is 11.3 Å². The van der Waals surface area contributed by atoms with Crippen LogP contribution >= 0.6 is 46.6 Å². The normalized spacial score (nSPS) is 15.4. The number of carbonyl (C=O) groups excluding carboxylic acids is 2. The van der Waals surface area contributed by atoms with Crippen LogP contribution in [0.3, 0.4) is 0 Å². The van der Waals surface area contributed by atoms with E-state index in [4.69, 9.17) is 39.5 Å². The highest BCUT2D eigenvalue weighted by Gasteiger charge is 2.35. The van der Waals surface area contributed by atoms with Gasteiger partial charge in [-0.3, -0.25) is 14.5 Å². The van der Waals surface area contributed by atoms with E-state index in [1.807, 2.05) is 0 Å². The summed E-state index contributed by atoms with van der Waals surface area (Å²) in [5.74, 6) is -0.0274. The first-order valence-corrected chi connectivity index (χ1v) is 10.1. The molecular formula is C20H14Cl3NO3S. The quantitative estimate of drug-likeness (QED) is 0.372. The standard InChI is InChI=1S/C20H14Cl3NO3S/c1-2-7-27-18-15(22)8-13(9-16(18)23)10-17-19(25)24(20(26)28-17)11-12-3-5-14(21)6-4-12/h2-6,8-10H,1,7,11H2/b17-10-. The van der Waals surface area contributed by atoms with Gasteiger partial charge in [0.1, 0.15) is 6.61 Å². The molecule has 1 heterocycles. The SMILES string of the molecule is C=CCOc1c(Cl)cc(/C=C2\SC(=O)N(Cc3ccc(Cl)cc3)C2=O)cc1Cl. The van der Waals surface area contributed by atoms with Crippen LogP contribution in [0.15, 0.2) is 54.0 Å². The lowest BCUT2D eigenvalue weighted by atomic mass is 10.2. The molecule has 3 rings (SSSR count). The zero-order valence-corrected chi connectivity index (χ0v) is 17.5. The molecular weight excluding hydrogens is 441 g/mol. The largest absolute Gasteiger partial charge is 0.486 e. The maximum absolute atomic E-state index is 12.7. The molecule has 2 aromatic rings. The molecule has 144 valence electrons. The van der Waals surface area contributed by atoms with Crippen LogP contribution in [0.25, 0.3) is 6.08 Å². The summed E-state index contributed by atoms with van der Waals surface area (Å²) in [7, 11) is 0. The third kappa shape index (κ3) is 4.73. The highest BCUT2D eigenvalue weighted by Crippen LogP contribution is 2.37. The molecule has 0 atom stereocenters. The Balaban J connectivity index is 1.81. The number of hydrogen-bond donors (Lipinski definition) is 0. The molecule has 2 aromatic carbocycles. The summed E-state index contributed by atoms with van der Waals surface area (Å²) >= 11 is 19.2. The molecule has 0 saturated carbocycles. The van der Waals surface area contributed by atoms with Gasteiger partial charge < -0.3 is 4.74 Å². The predicted molar refractivity (Wildman–Crippen MR) is 115 cm³/mol. The third-order valence-electron chi connectivity index (χ3n) is 3.79. The average Bonchev–Trinajstić information content (AvgIpc) is 2.90. The first kappa shape index (κ1) is 20.8. The Hall–Kier alpha value is -1.92. The van der Waals surface area contributed by atoms with Gasteiger partial charge in [-0.2, -0.15) is 0 Å². The Labute approximate surface area is 181 Å². The van der Waals surface area contributed by atoms with Crippen LogP contribution in [-0.4, -0.2) is 22.7 Å². The van der Waals surface area contributed by atoms with Crippen LogP contribution in [0, 0.1) is 0 Å². The van der Waals surface area contributed by atoms with Gasteiger partial charge in [0.15, 0.2) is 5.75 Å². The monoisotopic (exact) mass is 453 g/mol. The smallest absolute Gasteiger partial charge is 0.293 e. The van der Waals surface area contributed by atoms with Gasteiger partial charge in [-0.05, 0) is 53.2 Å². The topological polar surface area (TPSA) is 46.6 Å². The minimum absolute atomic E-state index is 0.176. The Morgan fingerprint density at radius 2 is 1.71 bits per heavy atom. The lowest BCUT2D eigenvalue weighted by molar-refractivity contribution is -0.123. The lowest BCUT2D eigenvalue weighted by Crippen LogP contribution is -2.27. The highest BCUT2D eigenvalue weighted by molar-refractivity contribution is 8.18. The second-order valence-electron chi connectivity index (χ2n) is 5.81. The van der Waals surface area contributed by atoms with E-state index in [1.54, 1.807) is 48.6 Å². The molecule has 1 saturated heterocycles. The van der Waals surface area contributed by atoms with Crippen molar-refractivity contribution in [2.45, 2.75) is 6.54 Å². The van der Waals surface area contributed by atoms with Gasteiger partial charge in [-0.1, -0.05) is 59.6 Å². The fourth-order valence-electron chi connectivity index (χ4n) is 2.50. The minimum atomic E-state index is -0.371. The number of halogens is 3. The minimum Gasteiger partial charge on any atom is -0.486 e. The van der Waals surface area contributed by atoms with Gasteiger partial charge in [-0.25, -0.2) is 0 Å². The van der Waals surface area contributed by atoms with Crippen LogP contribution in [0.5, 0.6) is 5.75 Å². The zero-order valence-electron chi connectivity index (χ0n) is 14.5. The number of thioether (sulfide) groups is 1. The first-order chi connectivity index (χ1) is 13.4. The van der Waals surface area contributed by atoms with Crippen molar-refractivity contribution < 1.29 is 14.3 Å². The van der Waals surface area contributed by atoms with Gasteiger partial charge in [-0.15, -0.1) is 0 Å². The fraction of sp³-hybridized carbons (Fsp3) is 0.100. The van der Waals surface area contributed by atoms with Gasteiger partial charge in [0.05, 0.1) is 21.5 Å². The number of amides is 2. The molecule has 2 amide bonds. The summed E-state index contributed by atoms with van der Waals surface area (Å²) in [4.78, 5) is 26.4. The van der Waals surface area contributed by atoms with E-state index in [9.17, 15) is 9.59 Å². The van der Waals surface area contributed by atoms with Crippen LogP contribution in [0.1, 0.15) is 11.1 Å². The summed E-state index contributed by atoms with van der Waals surface area (Å²) in [5.41, 5.74) is 1.40. The molecule has 8 heteroatoms. The van der Waals surface area contributed by atoms with E-state index < -0.39 is 0 Å². The molecule has 0 unspecified atom stereocenters. The summed E-state index contributed by atoms with van der Waals surface area (Å²) < 4.78 is 5.43. The van der Waals surface area contributed by atoms with E-state index >= 15 is 0 Å². The van der Waals surface area contributed by atoms with Crippen LogP contribution in [0.2, 0.25) is 15.1 Å².